The standard InChI is InChI=1S/C7H5BrO.CH3BrO/c8-7-4-2-1-3-6(7)5-9;1-3-2/h1-5H;1H3. The van der Waals surface area contributed by atoms with E-state index in [9.17, 15) is 4.79 Å². The minimum atomic E-state index is 0.692. The van der Waals surface area contributed by atoms with Crippen molar-refractivity contribution in [2.45, 2.75) is 0 Å². The van der Waals surface area contributed by atoms with Gasteiger partial charge in [0.1, 0.15) is 0 Å². The van der Waals surface area contributed by atoms with Gasteiger partial charge < -0.3 is 3.83 Å². The predicted molar refractivity (Wildman–Crippen MR) is 55.5 cm³/mol. The van der Waals surface area contributed by atoms with Crippen LogP contribution in [0.15, 0.2) is 28.7 Å². The van der Waals surface area contributed by atoms with E-state index in [0.29, 0.717) is 5.56 Å². The van der Waals surface area contributed by atoms with Crippen molar-refractivity contribution in [1.82, 2.24) is 0 Å². The second-order valence-electron chi connectivity index (χ2n) is 1.79. The van der Waals surface area contributed by atoms with E-state index < -0.39 is 0 Å². The fourth-order valence-electron chi connectivity index (χ4n) is 0.571. The number of carbonyl (C=O) groups excluding carboxylic acids is 1. The lowest BCUT2D eigenvalue weighted by atomic mass is 10.2. The molecule has 1 aromatic carbocycles. The molecule has 0 saturated carbocycles. The molecular formula is C8H8Br2O2. The summed E-state index contributed by atoms with van der Waals surface area (Å²) in [6.07, 6.45) is 0.823. The number of hydrogen-bond donors (Lipinski definition) is 0. The maximum atomic E-state index is 10.2. The lowest BCUT2D eigenvalue weighted by molar-refractivity contribution is 0.112. The molecule has 0 aliphatic heterocycles. The molecule has 66 valence electrons. The molecular weight excluding hydrogens is 288 g/mol. The van der Waals surface area contributed by atoms with E-state index in [0.717, 1.165) is 10.8 Å². The zero-order chi connectivity index (χ0) is 9.40. The zero-order valence-electron chi connectivity index (χ0n) is 6.46. The van der Waals surface area contributed by atoms with Gasteiger partial charge in [-0.2, -0.15) is 0 Å². The lowest BCUT2D eigenvalue weighted by Gasteiger charge is -1.90. The summed E-state index contributed by atoms with van der Waals surface area (Å²) in [5.41, 5.74) is 0.692. The molecule has 4 heteroatoms. The molecule has 0 aromatic heterocycles. The van der Waals surface area contributed by atoms with Crippen molar-refractivity contribution in [2.75, 3.05) is 7.11 Å². The minimum absolute atomic E-state index is 0.692. The highest BCUT2D eigenvalue weighted by molar-refractivity contribution is 9.10. The molecule has 0 unspecified atom stereocenters. The molecule has 0 radical (unpaired) electrons. The van der Waals surface area contributed by atoms with Crippen molar-refractivity contribution in [1.29, 1.82) is 0 Å². The second kappa shape index (κ2) is 7.46. The van der Waals surface area contributed by atoms with Gasteiger partial charge in [-0.15, -0.1) is 0 Å². The first-order chi connectivity index (χ1) is 5.76. The summed E-state index contributed by atoms with van der Waals surface area (Å²) in [7, 11) is 1.54. The Hall–Kier alpha value is -0.190. The zero-order valence-corrected chi connectivity index (χ0v) is 9.63. The molecule has 0 saturated heterocycles. The fourth-order valence-corrected chi connectivity index (χ4v) is 0.949. The highest BCUT2D eigenvalue weighted by Crippen LogP contribution is 2.12. The smallest absolute Gasteiger partial charge is 0.151 e. The first kappa shape index (κ1) is 11.8. The topological polar surface area (TPSA) is 26.3 Å². The first-order valence-corrected chi connectivity index (χ1v) is 4.54. The van der Waals surface area contributed by atoms with Crippen LogP contribution >= 0.6 is 32.2 Å². The van der Waals surface area contributed by atoms with Crippen molar-refractivity contribution in [3.05, 3.63) is 34.3 Å². The monoisotopic (exact) mass is 294 g/mol. The molecule has 0 bridgehead atoms. The molecule has 0 spiro atoms. The van der Waals surface area contributed by atoms with E-state index in [4.69, 9.17) is 0 Å². The van der Waals surface area contributed by atoms with E-state index >= 15 is 0 Å². The highest BCUT2D eigenvalue weighted by Gasteiger charge is 1.92. The van der Waals surface area contributed by atoms with Crippen LogP contribution in [0.1, 0.15) is 10.4 Å². The van der Waals surface area contributed by atoms with E-state index in [1.165, 1.54) is 0 Å². The van der Waals surface area contributed by atoms with Crippen LogP contribution < -0.4 is 0 Å². The molecule has 0 atom stereocenters. The largest absolute Gasteiger partial charge is 0.311 e. The van der Waals surface area contributed by atoms with Crippen LogP contribution in [-0.2, 0) is 3.83 Å². The Bertz CT molecular complexity index is 238. The van der Waals surface area contributed by atoms with Gasteiger partial charge in [-0.25, -0.2) is 0 Å². The molecule has 0 aliphatic rings. The summed E-state index contributed by atoms with van der Waals surface area (Å²) in [5.74, 6) is 0. The van der Waals surface area contributed by atoms with Gasteiger partial charge in [-0.1, -0.05) is 34.1 Å². The lowest BCUT2D eigenvalue weighted by Crippen LogP contribution is -1.78. The van der Waals surface area contributed by atoms with Gasteiger partial charge in [-0.3, -0.25) is 4.79 Å². The average molecular weight is 296 g/mol. The Morgan fingerprint density at radius 2 is 1.92 bits per heavy atom. The van der Waals surface area contributed by atoms with Crippen LogP contribution in [0.3, 0.4) is 0 Å². The number of rotatable bonds is 1. The number of carbonyl (C=O) groups is 1. The van der Waals surface area contributed by atoms with Crippen LogP contribution in [-0.4, -0.2) is 13.4 Å². The molecule has 0 aliphatic carbocycles. The van der Waals surface area contributed by atoms with Crippen LogP contribution in [0.2, 0.25) is 0 Å². The number of aldehydes is 1. The van der Waals surface area contributed by atoms with E-state index in [1.54, 1.807) is 13.2 Å². The quantitative estimate of drug-likeness (QED) is 0.744. The van der Waals surface area contributed by atoms with Crippen molar-refractivity contribution in [3.8, 4) is 0 Å². The molecule has 0 amide bonds. The number of benzene rings is 1. The maximum absolute atomic E-state index is 10.2. The third kappa shape index (κ3) is 4.64. The van der Waals surface area contributed by atoms with E-state index in [2.05, 4.69) is 36.0 Å². The third-order valence-electron chi connectivity index (χ3n) is 1.03. The predicted octanol–water partition coefficient (Wildman–Crippen LogP) is 3.20. The number of hydrogen-bond acceptors (Lipinski definition) is 2. The summed E-state index contributed by atoms with van der Waals surface area (Å²) in [4.78, 5) is 10.2. The van der Waals surface area contributed by atoms with Crippen molar-refractivity contribution in [2.24, 2.45) is 0 Å². The van der Waals surface area contributed by atoms with Gasteiger partial charge in [0.05, 0.1) is 23.4 Å². The summed E-state index contributed by atoms with van der Waals surface area (Å²) in [6, 6.07) is 7.30. The molecule has 1 aromatic rings. The summed E-state index contributed by atoms with van der Waals surface area (Å²) in [5, 5.41) is 0. The molecule has 0 heterocycles. The van der Waals surface area contributed by atoms with Crippen LogP contribution in [0, 0.1) is 0 Å². The Labute approximate surface area is 88.5 Å². The van der Waals surface area contributed by atoms with E-state index in [-0.39, 0.29) is 0 Å². The summed E-state index contributed by atoms with van der Waals surface area (Å²) >= 11 is 5.87. The van der Waals surface area contributed by atoms with Crippen molar-refractivity contribution < 1.29 is 8.62 Å². The highest BCUT2D eigenvalue weighted by atomic mass is 79.9. The van der Waals surface area contributed by atoms with Crippen LogP contribution in [0.5, 0.6) is 0 Å². The summed E-state index contributed by atoms with van der Waals surface area (Å²) < 4.78 is 4.91. The van der Waals surface area contributed by atoms with Gasteiger partial charge in [0, 0.05) is 10.0 Å². The van der Waals surface area contributed by atoms with Gasteiger partial charge in [0.2, 0.25) is 0 Å². The van der Waals surface area contributed by atoms with Gasteiger partial charge in [-0.05, 0) is 6.07 Å². The van der Waals surface area contributed by atoms with Gasteiger partial charge in [0.25, 0.3) is 0 Å². The number of halogens is 2. The van der Waals surface area contributed by atoms with Gasteiger partial charge in [0.15, 0.2) is 6.29 Å². The van der Waals surface area contributed by atoms with Crippen LogP contribution in [0.25, 0.3) is 0 Å². The first-order valence-electron chi connectivity index (χ1n) is 3.10. The SMILES string of the molecule is COBr.O=Cc1ccccc1Br. The molecule has 0 fully saturated rings. The minimum Gasteiger partial charge on any atom is -0.311 e. The van der Waals surface area contributed by atoms with Crippen molar-refractivity contribution in [3.63, 3.8) is 0 Å². The Morgan fingerprint density at radius 1 is 1.42 bits per heavy atom. The molecule has 12 heavy (non-hydrogen) atoms. The molecule has 0 N–H and O–H groups in total. The Balaban J connectivity index is 0.000000354. The fraction of sp³-hybridized carbons (Fsp3) is 0.125. The molecule has 2 nitrogen and oxygen atoms in total. The van der Waals surface area contributed by atoms with Crippen molar-refractivity contribution >= 4 is 38.5 Å². The Morgan fingerprint density at radius 3 is 2.25 bits per heavy atom. The second-order valence-corrected chi connectivity index (χ2v) is 3.30. The van der Waals surface area contributed by atoms with Gasteiger partial charge >= 0.3 is 0 Å². The summed E-state index contributed by atoms with van der Waals surface area (Å²) in [6.45, 7) is 0. The Kier molecular flexibility index (Phi) is 7.34. The third-order valence-corrected chi connectivity index (χ3v) is 1.75. The average Bonchev–Trinajstić information content (AvgIpc) is 2.07. The maximum Gasteiger partial charge on any atom is 0.151 e. The van der Waals surface area contributed by atoms with Crippen LogP contribution in [0.4, 0.5) is 0 Å². The van der Waals surface area contributed by atoms with E-state index in [1.807, 2.05) is 18.2 Å². The molecule has 1 rings (SSSR count). The normalized spacial score (nSPS) is 8.25.